The molecular formula is C22H19FN2O3S. The van der Waals surface area contributed by atoms with Crippen molar-refractivity contribution in [2.75, 3.05) is 0 Å². The second kappa shape index (κ2) is 7.00. The van der Waals surface area contributed by atoms with Gasteiger partial charge in [0.05, 0.1) is 4.90 Å². The summed E-state index contributed by atoms with van der Waals surface area (Å²) in [6.45, 7) is 4.05. The molecule has 0 bridgehead atoms. The van der Waals surface area contributed by atoms with Gasteiger partial charge in [-0.3, -0.25) is 4.79 Å². The van der Waals surface area contributed by atoms with Crippen LogP contribution in [0, 0.1) is 12.7 Å². The van der Waals surface area contributed by atoms with Crippen LogP contribution in [0.15, 0.2) is 76.7 Å². The molecule has 0 aliphatic carbocycles. The lowest BCUT2D eigenvalue weighted by molar-refractivity contribution is 0.588. The van der Waals surface area contributed by atoms with Gasteiger partial charge in [0, 0.05) is 29.9 Å². The Balaban J connectivity index is 2.03. The highest BCUT2D eigenvalue weighted by molar-refractivity contribution is 7.90. The van der Waals surface area contributed by atoms with Gasteiger partial charge in [0.1, 0.15) is 11.3 Å². The first-order chi connectivity index (χ1) is 13.8. The van der Waals surface area contributed by atoms with Crippen molar-refractivity contribution in [1.29, 1.82) is 0 Å². The Bertz CT molecular complexity index is 1370. The van der Waals surface area contributed by atoms with Crippen LogP contribution in [0.2, 0.25) is 0 Å². The second-order valence-electron chi connectivity index (χ2n) is 6.83. The van der Waals surface area contributed by atoms with E-state index in [1.807, 2.05) is 13.8 Å². The number of hydrogen-bond donors (Lipinski definition) is 0. The van der Waals surface area contributed by atoms with Crippen LogP contribution in [0.5, 0.6) is 0 Å². The summed E-state index contributed by atoms with van der Waals surface area (Å²) in [5.74, 6) is -0.367. The number of aryl methyl sites for hydroxylation is 2. The van der Waals surface area contributed by atoms with E-state index in [-0.39, 0.29) is 16.2 Å². The Morgan fingerprint density at radius 2 is 1.62 bits per heavy atom. The molecule has 0 saturated heterocycles. The van der Waals surface area contributed by atoms with Gasteiger partial charge in [-0.25, -0.2) is 16.8 Å². The first-order valence-corrected chi connectivity index (χ1v) is 10.6. The van der Waals surface area contributed by atoms with E-state index >= 15 is 0 Å². The first-order valence-electron chi connectivity index (χ1n) is 9.15. The van der Waals surface area contributed by atoms with Crippen LogP contribution < -0.4 is 5.56 Å². The van der Waals surface area contributed by atoms with E-state index in [9.17, 15) is 17.6 Å². The predicted octanol–water partition coefficient (Wildman–Crippen LogP) is 4.17. The first kappa shape index (κ1) is 19.1. The summed E-state index contributed by atoms with van der Waals surface area (Å²) in [4.78, 5) is 13.1. The van der Waals surface area contributed by atoms with Gasteiger partial charge in [0.15, 0.2) is 0 Å². The number of aromatic nitrogens is 2. The molecule has 0 unspecified atom stereocenters. The number of rotatable bonds is 4. The van der Waals surface area contributed by atoms with Crippen LogP contribution in [0.4, 0.5) is 4.39 Å². The molecule has 0 fully saturated rings. The average Bonchev–Trinajstić information content (AvgIpc) is 3.16. The van der Waals surface area contributed by atoms with Gasteiger partial charge in [0.25, 0.3) is 15.6 Å². The van der Waals surface area contributed by atoms with Crippen LogP contribution in [0.1, 0.15) is 12.5 Å². The average molecular weight is 410 g/mol. The summed E-state index contributed by atoms with van der Waals surface area (Å²) in [5.41, 5.74) is 1.99. The summed E-state index contributed by atoms with van der Waals surface area (Å²) >= 11 is 0. The van der Waals surface area contributed by atoms with Crippen molar-refractivity contribution in [2.45, 2.75) is 25.3 Å². The van der Waals surface area contributed by atoms with Gasteiger partial charge >= 0.3 is 0 Å². The van der Waals surface area contributed by atoms with Crippen molar-refractivity contribution in [3.05, 3.63) is 88.7 Å². The van der Waals surface area contributed by atoms with Gasteiger partial charge in [-0.15, -0.1) is 0 Å². The maximum atomic E-state index is 13.4. The predicted molar refractivity (Wildman–Crippen MR) is 111 cm³/mol. The van der Waals surface area contributed by atoms with Crippen molar-refractivity contribution >= 4 is 20.9 Å². The van der Waals surface area contributed by atoms with Crippen LogP contribution in [-0.2, 0) is 16.6 Å². The highest BCUT2D eigenvalue weighted by Crippen LogP contribution is 2.29. The molecule has 0 amide bonds. The summed E-state index contributed by atoms with van der Waals surface area (Å²) in [7, 11) is -3.95. The highest BCUT2D eigenvalue weighted by Gasteiger charge is 2.23. The van der Waals surface area contributed by atoms with Gasteiger partial charge in [-0.1, -0.05) is 29.8 Å². The van der Waals surface area contributed by atoms with Crippen LogP contribution in [0.25, 0.3) is 22.0 Å². The molecule has 0 atom stereocenters. The lowest BCUT2D eigenvalue weighted by Crippen LogP contribution is -2.23. The van der Waals surface area contributed by atoms with Crippen molar-refractivity contribution < 1.29 is 12.8 Å². The molecule has 0 N–H and O–H groups in total. The smallest absolute Gasteiger partial charge is 0.276 e. The zero-order valence-corrected chi connectivity index (χ0v) is 16.8. The molecule has 7 heteroatoms. The SMILES string of the molecule is CCn1cc(-c2ccc(F)cc2)c2ccn(S(=O)(=O)c3ccc(C)cc3)c2c1=O. The number of benzene rings is 2. The summed E-state index contributed by atoms with van der Waals surface area (Å²) < 4.78 is 42.3. The molecule has 4 aromatic rings. The van der Waals surface area contributed by atoms with Crippen LogP contribution >= 0.6 is 0 Å². The monoisotopic (exact) mass is 410 g/mol. The standard InChI is InChI=1S/C22H19FN2O3S/c1-3-24-14-20(16-6-8-17(23)9-7-16)19-12-13-25(21(19)22(24)26)29(27,28)18-10-4-15(2)5-11-18/h4-14H,3H2,1-2H3. The van der Waals surface area contributed by atoms with E-state index < -0.39 is 15.6 Å². The minimum absolute atomic E-state index is 0.0780. The molecule has 2 heterocycles. The van der Waals surface area contributed by atoms with Gasteiger partial charge in [-0.05, 0) is 49.7 Å². The minimum Gasteiger partial charge on any atom is -0.313 e. The number of nitrogens with zero attached hydrogens (tertiary/aromatic N) is 2. The number of halogens is 1. The number of hydrogen-bond acceptors (Lipinski definition) is 3. The van der Waals surface area contributed by atoms with Crippen molar-refractivity contribution in [3.63, 3.8) is 0 Å². The molecule has 148 valence electrons. The molecule has 4 rings (SSSR count). The summed E-state index contributed by atoms with van der Waals surface area (Å²) in [5, 5.41) is 0.502. The van der Waals surface area contributed by atoms with Gasteiger partial charge in [-0.2, -0.15) is 0 Å². The number of pyridine rings is 1. The normalized spacial score (nSPS) is 11.8. The third-order valence-electron chi connectivity index (χ3n) is 4.96. The maximum Gasteiger partial charge on any atom is 0.276 e. The fourth-order valence-corrected chi connectivity index (χ4v) is 4.72. The minimum atomic E-state index is -3.95. The van der Waals surface area contributed by atoms with Gasteiger partial charge < -0.3 is 4.57 Å². The summed E-state index contributed by atoms with van der Waals surface area (Å²) in [6, 6.07) is 14.0. The Hall–Kier alpha value is -3.19. The lowest BCUT2D eigenvalue weighted by atomic mass is 10.0. The van der Waals surface area contributed by atoms with E-state index in [1.165, 1.54) is 35.0 Å². The molecule has 2 aromatic carbocycles. The third kappa shape index (κ3) is 3.17. The third-order valence-corrected chi connectivity index (χ3v) is 6.65. The number of fused-ring (bicyclic) bond motifs is 1. The molecule has 0 aliphatic heterocycles. The molecule has 0 aliphatic rings. The van der Waals surface area contributed by atoms with E-state index in [0.29, 0.717) is 23.1 Å². The van der Waals surface area contributed by atoms with Crippen LogP contribution in [-0.4, -0.2) is 17.0 Å². The molecule has 0 spiro atoms. The fraction of sp³-hybridized carbons (Fsp3) is 0.136. The van der Waals surface area contributed by atoms with Crippen LogP contribution in [0.3, 0.4) is 0 Å². The molecule has 5 nitrogen and oxygen atoms in total. The Morgan fingerprint density at radius 1 is 0.966 bits per heavy atom. The molecule has 0 radical (unpaired) electrons. The molecule has 29 heavy (non-hydrogen) atoms. The van der Waals surface area contributed by atoms with Crippen molar-refractivity contribution in [2.24, 2.45) is 0 Å². The Kier molecular flexibility index (Phi) is 4.62. The summed E-state index contributed by atoms with van der Waals surface area (Å²) in [6.07, 6.45) is 3.08. The van der Waals surface area contributed by atoms with Gasteiger partial charge in [0.2, 0.25) is 0 Å². The fourth-order valence-electron chi connectivity index (χ4n) is 3.38. The Labute approximate surface area is 167 Å². The Morgan fingerprint density at radius 3 is 2.24 bits per heavy atom. The van der Waals surface area contributed by atoms with E-state index in [1.54, 1.807) is 36.5 Å². The quantitative estimate of drug-likeness (QED) is 0.507. The highest BCUT2D eigenvalue weighted by atomic mass is 32.2. The van der Waals surface area contributed by atoms with Crippen molar-refractivity contribution in [1.82, 2.24) is 8.54 Å². The zero-order chi connectivity index (χ0) is 20.8. The second-order valence-corrected chi connectivity index (χ2v) is 8.65. The van der Waals surface area contributed by atoms with E-state index in [2.05, 4.69) is 0 Å². The molecule has 0 saturated carbocycles. The zero-order valence-electron chi connectivity index (χ0n) is 16.0. The van der Waals surface area contributed by atoms with E-state index in [0.717, 1.165) is 9.54 Å². The van der Waals surface area contributed by atoms with E-state index in [4.69, 9.17) is 0 Å². The molecular weight excluding hydrogens is 391 g/mol. The van der Waals surface area contributed by atoms with Crippen molar-refractivity contribution in [3.8, 4) is 11.1 Å². The topological polar surface area (TPSA) is 61.1 Å². The lowest BCUT2D eigenvalue weighted by Gasteiger charge is -2.12. The maximum absolute atomic E-state index is 13.4. The largest absolute Gasteiger partial charge is 0.313 e. The molecule has 2 aromatic heterocycles.